The fourth-order valence-electron chi connectivity index (χ4n) is 18.1. The zero-order chi connectivity index (χ0) is 98.9. The maximum Gasteiger partial charge on any atom is 0.220 e. The molecule has 0 radical (unpaired) electrons. The van der Waals surface area contributed by atoms with Crippen molar-refractivity contribution < 1.29 is 212 Å². The van der Waals surface area contributed by atoms with Crippen molar-refractivity contribution in [1.82, 2.24) is 21.3 Å². The molecule has 135 heavy (non-hydrogen) atoms. The molecule has 8 fully saturated rings. The molecule has 0 aromatic heterocycles. The monoisotopic (exact) mass is 1960 g/mol. The van der Waals surface area contributed by atoms with Gasteiger partial charge in [-0.25, -0.2) is 0 Å². The molecule has 0 bridgehead atoms. The number of amides is 4. The normalized spacial score (nSPS) is 39.7. The van der Waals surface area contributed by atoms with Gasteiger partial charge in [0.2, 0.25) is 23.6 Å². The van der Waals surface area contributed by atoms with Crippen molar-refractivity contribution in [2.24, 2.45) is 0 Å². The van der Waals surface area contributed by atoms with Crippen LogP contribution in [-0.4, -0.2) is 458 Å². The van der Waals surface area contributed by atoms with E-state index < -0.39 is 335 Å². The minimum absolute atomic E-state index is 0.153. The molecule has 8 aliphatic rings. The van der Waals surface area contributed by atoms with Crippen LogP contribution in [0.5, 0.6) is 0 Å². The number of carbonyl (C=O) groups is 4. The highest BCUT2D eigenvalue weighted by molar-refractivity contribution is 5.76. The van der Waals surface area contributed by atoms with Crippen LogP contribution in [0.4, 0.5) is 0 Å². The highest BCUT2D eigenvalue weighted by atomic mass is 16.8. The number of nitrogens with one attached hydrogen (secondary N) is 4. The average Bonchev–Trinajstić information content (AvgIpc) is 0.766. The molecule has 0 spiro atoms. The van der Waals surface area contributed by atoms with E-state index in [0.29, 0.717) is 12.8 Å². The summed E-state index contributed by atoms with van der Waals surface area (Å²) in [6.45, 7) is -1.61. The number of aliphatic hydroxyl groups excluding tert-OH is 23. The van der Waals surface area contributed by atoms with Gasteiger partial charge in [-0.05, 0) is 19.3 Å². The first kappa shape index (κ1) is 116. The fraction of sp³-hybridized carbons (Fsp3) is 0.932. The van der Waals surface area contributed by atoms with E-state index >= 15 is 0 Å². The van der Waals surface area contributed by atoms with Gasteiger partial charge in [0.15, 0.2) is 50.3 Å². The third-order valence-corrected chi connectivity index (χ3v) is 25.9. The summed E-state index contributed by atoms with van der Waals surface area (Å²) >= 11 is 0. The summed E-state index contributed by atoms with van der Waals surface area (Å²) in [7, 11) is 0. The number of hydrogen-bond acceptors (Lipinski definition) is 43. The first-order valence-electron chi connectivity index (χ1n) is 48.0. The summed E-state index contributed by atoms with van der Waals surface area (Å²) in [5.74, 6) is -3.08. The molecule has 0 aromatic carbocycles. The molecule has 47 nitrogen and oxygen atoms in total. The lowest BCUT2D eigenvalue weighted by atomic mass is 9.93. The predicted octanol–water partition coefficient (Wildman–Crippen LogP) is -7.41. The summed E-state index contributed by atoms with van der Waals surface area (Å²) in [4.78, 5) is 52.4. The van der Waals surface area contributed by atoms with Crippen LogP contribution >= 0.6 is 0 Å². The third kappa shape index (κ3) is 32.8. The van der Waals surface area contributed by atoms with Crippen molar-refractivity contribution in [3.8, 4) is 0 Å². The van der Waals surface area contributed by atoms with Crippen LogP contribution < -0.4 is 21.3 Å². The number of carbonyl (C=O) groups excluding carboxylic acids is 4. The van der Waals surface area contributed by atoms with E-state index in [1.54, 1.807) is 6.08 Å². The summed E-state index contributed by atoms with van der Waals surface area (Å²) in [6.07, 6.45) is -44.0. The number of hydrogen-bond donors (Lipinski definition) is 27. The van der Waals surface area contributed by atoms with Crippen LogP contribution in [0.2, 0.25) is 0 Å². The molecule has 8 saturated heterocycles. The van der Waals surface area contributed by atoms with Gasteiger partial charge in [-0.1, -0.05) is 167 Å². The first-order chi connectivity index (χ1) is 64.7. The van der Waals surface area contributed by atoms with E-state index in [1.165, 1.54) is 89.9 Å². The Morgan fingerprint density at radius 1 is 0.289 bits per heavy atom. The first-order valence-corrected chi connectivity index (χ1v) is 48.0. The molecule has 27 N–H and O–H groups in total. The van der Waals surface area contributed by atoms with Gasteiger partial charge in [0, 0.05) is 27.2 Å². The van der Waals surface area contributed by atoms with Crippen molar-refractivity contribution in [3.63, 3.8) is 0 Å². The maximum atomic E-state index is 13.6. The smallest absolute Gasteiger partial charge is 0.220 e. The third-order valence-electron chi connectivity index (χ3n) is 25.9. The van der Waals surface area contributed by atoms with Crippen molar-refractivity contribution in [1.29, 1.82) is 0 Å². The number of allylic oxidation sites excluding steroid dienone is 1. The van der Waals surface area contributed by atoms with Crippen LogP contribution in [0.1, 0.15) is 202 Å². The Bertz CT molecular complexity index is 3360. The molecular weight excluding hydrogens is 1800 g/mol. The second kappa shape index (κ2) is 59.3. The SMILES string of the molecule is CCCCCCCCCCCCC/C=C/[C@@H](O)[C@H](CO[C@@H]1OC(CO)[C@@H](O[C@@H]2OC(CO)[C@H](O)[C@H](O[C@@H]3OC(CO)[C@@H](O[C@@H]4OC(CO)[C@H](O)[C@H](O[C@@H]5OC(CO)[C@@H](O[C@@H]6OC(CO)[C@H](O)[C@H](O[C@@H]7OC(CO)[C@@H](O[C@@H]8OC(CO)[C@H](O)[C@H](O)C8O)[C@H](O)C7NC(C)=O)C6O)[C@H](O)C5NC(C)=O)C4O)[C@H](O)C3NC(C)=O)C2O)[C@H](O)C1O)NC(=O)CCCCCCCCCCCCCCC. The molecule has 0 aromatic rings. The summed E-state index contributed by atoms with van der Waals surface area (Å²) in [6, 6.07) is -6.74. The van der Waals surface area contributed by atoms with Gasteiger partial charge < -0.3 is 215 Å². The quantitative estimate of drug-likeness (QED) is 0.0199. The van der Waals surface area contributed by atoms with E-state index in [1.807, 2.05) is 6.08 Å². The number of ether oxygens (including phenoxy) is 16. The number of aliphatic hydroxyl groups is 23. The lowest BCUT2D eigenvalue weighted by Crippen LogP contribution is -2.71. The van der Waals surface area contributed by atoms with Crippen molar-refractivity contribution in [3.05, 3.63) is 12.2 Å². The maximum absolute atomic E-state index is 13.6. The lowest BCUT2D eigenvalue weighted by Gasteiger charge is -2.51. The van der Waals surface area contributed by atoms with Crippen molar-refractivity contribution >= 4 is 23.6 Å². The predicted molar refractivity (Wildman–Crippen MR) is 461 cm³/mol. The Morgan fingerprint density at radius 2 is 0.548 bits per heavy atom. The standard InChI is InChI=1S/C88H156N4O43/c1-6-8-10-12-14-16-18-20-22-24-26-28-30-32-47(104)46(92-56(105)33-31-29-27-25-23-21-19-17-15-13-11-9-7-2)42-120-84-70(116)68(114)77(55(41-100)128-84)132-88-73(119)80(63(109)51(37-96)124-88)135-83-59(91-45(5)103)66(112)76(54(40-99)127-83)131-87-72(118)79(62(108)50(36-95)123-87)134-82-58(90-44(4)102)65(111)75(53(39-98)126-82)130-86-71(117)78(61(107)49(35-94)122-86)133-81-57(89-43(3)101)64(110)74(52(38-97)125-81)129-85-69(115)67(113)60(106)48(34-93)121-85/h30,32,46-55,57-88,93-100,104,106-119H,6-29,31,33-42H2,1-5H3,(H,89,101)(H,90,102)(H,91,103)(H,92,105)/b32-30+/t46-,47+,48?,49?,50?,51?,52?,53?,54?,55?,57?,58?,59?,60-,61-,62-,63-,64+,65+,66+,67-,68+,69?,70?,71?,72?,73?,74+,75+,76+,77+,78-,79-,80-,81-,82-,83-,84+,85-,86-,87-,88-/m0/s1. The van der Waals surface area contributed by atoms with Gasteiger partial charge in [-0.3, -0.25) is 19.2 Å². The van der Waals surface area contributed by atoms with E-state index in [2.05, 4.69) is 35.1 Å². The lowest BCUT2D eigenvalue weighted by molar-refractivity contribution is -0.389. The molecule has 786 valence electrons. The Morgan fingerprint density at radius 3 is 0.859 bits per heavy atom. The summed E-state index contributed by atoms with van der Waals surface area (Å²) in [5.41, 5.74) is 0. The molecule has 47 heteroatoms. The van der Waals surface area contributed by atoms with E-state index in [4.69, 9.17) is 75.8 Å². The molecule has 8 heterocycles. The molecule has 16 unspecified atom stereocenters. The van der Waals surface area contributed by atoms with Gasteiger partial charge in [0.05, 0.1) is 71.6 Å². The van der Waals surface area contributed by atoms with Gasteiger partial charge >= 0.3 is 0 Å². The molecule has 4 amide bonds. The molecular formula is C88H156N4O43. The Hall–Kier alpha value is -3.94. The van der Waals surface area contributed by atoms with Crippen LogP contribution in [0.15, 0.2) is 12.2 Å². The Labute approximate surface area is 785 Å². The van der Waals surface area contributed by atoms with Crippen LogP contribution in [0.3, 0.4) is 0 Å². The Balaban J connectivity index is 0.912. The number of unbranched alkanes of at least 4 members (excludes halogenated alkanes) is 23. The van der Waals surface area contributed by atoms with E-state index in [0.717, 1.165) is 78.6 Å². The highest BCUT2D eigenvalue weighted by Crippen LogP contribution is 2.40. The van der Waals surface area contributed by atoms with Crippen LogP contribution in [-0.2, 0) is 95.0 Å². The molecule has 8 rings (SSSR count). The van der Waals surface area contributed by atoms with E-state index in [-0.39, 0.29) is 12.3 Å². The fourth-order valence-corrected chi connectivity index (χ4v) is 18.1. The average molecular weight is 1960 g/mol. The van der Waals surface area contributed by atoms with Gasteiger partial charge in [-0.15, -0.1) is 0 Å². The van der Waals surface area contributed by atoms with Crippen LogP contribution in [0.25, 0.3) is 0 Å². The minimum Gasteiger partial charge on any atom is -0.394 e. The number of rotatable bonds is 57. The highest BCUT2D eigenvalue weighted by Gasteiger charge is 2.61. The van der Waals surface area contributed by atoms with Crippen molar-refractivity contribution in [2.45, 2.75) is 459 Å². The topological polar surface area (TPSA) is 729 Å². The summed E-state index contributed by atoms with van der Waals surface area (Å²) < 4.78 is 95.0. The largest absolute Gasteiger partial charge is 0.394 e. The zero-order valence-electron chi connectivity index (χ0n) is 77.6. The molecule has 0 aliphatic carbocycles. The zero-order valence-corrected chi connectivity index (χ0v) is 77.6. The molecule has 42 atom stereocenters. The van der Waals surface area contributed by atoms with Crippen LogP contribution in [0, 0.1) is 0 Å². The van der Waals surface area contributed by atoms with Crippen molar-refractivity contribution in [2.75, 3.05) is 59.5 Å². The molecule has 0 saturated carbocycles. The van der Waals surface area contributed by atoms with Gasteiger partial charge in [0.1, 0.15) is 195 Å². The summed E-state index contributed by atoms with van der Waals surface area (Å²) in [5, 5.41) is 269. The second-order valence-corrected chi connectivity index (χ2v) is 36.3. The van der Waals surface area contributed by atoms with Gasteiger partial charge in [0.25, 0.3) is 0 Å². The molecule has 8 aliphatic heterocycles. The Kier molecular flexibility index (Phi) is 51.1. The second-order valence-electron chi connectivity index (χ2n) is 36.3. The van der Waals surface area contributed by atoms with Gasteiger partial charge in [-0.2, -0.15) is 0 Å². The van der Waals surface area contributed by atoms with E-state index in [9.17, 15) is 137 Å². The minimum atomic E-state index is -2.35.